The molecule has 0 amide bonds. The predicted octanol–water partition coefficient (Wildman–Crippen LogP) is 3.61. The van der Waals surface area contributed by atoms with E-state index in [-0.39, 0.29) is 0 Å². The fraction of sp³-hybridized carbons (Fsp3) is 0. The van der Waals surface area contributed by atoms with Crippen LogP contribution in [0.25, 0.3) is 10.1 Å². The SMILES string of the molecule is O=Cc1cc(S)cc2c(I)csc12. The number of aldehydes is 1. The quantitative estimate of drug-likeness (QED) is 0.483. The summed E-state index contributed by atoms with van der Waals surface area (Å²) in [6.07, 6.45) is 0.884. The van der Waals surface area contributed by atoms with Crippen molar-refractivity contribution in [3.8, 4) is 0 Å². The van der Waals surface area contributed by atoms with Crippen LogP contribution >= 0.6 is 46.6 Å². The first-order valence-electron chi connectivity index (χ1n) is 3.57. The van der Waals surface area contributed by atoms with Gasteiger partial charge in [-0.3, -0.25) is 4.79 Å². The second kappa shape index (κ2) is 3.59. The molecule has 0 aliphatic heterocycles. The Morgan fingerprint density at radius 2 is 2.23 bits per heavy atom. The molecule has 0 saturated heterocycles. The summed E-state index contributed by atoms with van der Waals surface area (Å²) in [5.41, 5.74) is 0.732. The van der Waals surface area contributed by atoms with Gasteiger partial charge in [0.1, 0.15) is 0 Å². The van der Waals surface area contributed by atoms with Gasteiger partial charge in [0, 0.05) is 29.5 Å². The Balaban J connectivity index is 2.91. The zero-order valence-electron chi connectivity index (χ0n) is 6.45. The molecule has 0 spiro atoms. The minimum atomic E-state index is 0.732. The maximum absolute atomic E-state index is 10.8. The van der Waals surface area contributed by atoms with Gasteiger partial charge in [0.25, 0.3) is 0 Å². The number of hydrogen-bond acceptors (Lipinski definition) is 3. The molecule has 2 aromatic rings. The molecule has 0 radical (unpaired) electrons. The Morgan fingerprint density at radius 1 is 1.46 bits per heavy atom. The molecule has 13 heavy (non-hydrogen) atoms. The van der Waals surface area contributed by atoms with Gasteiger partial charge < -0.3 is 0 Å². The molecular weight excluding hydrogens is 315 g/mol. The van der Waals surface area contributed by atoms with Crippen LogP contribution in [0.1, 0.15) is 10.4 Å². The molecule has 0 N–H and O–H groups in total. The lowest BCUT2D eigenvalue weighted by atomic mass is 10.2. The van der Waals surface area contributed by atoms with Crippen molar-refractivity contribution < 1.29 is 4.79 Å². The lowest BCUT2D eigenvalue weighted by Gasteiger charge is -1.96. The van der Waals surface area contributed by atoms with Crippen LogP contribution in [0.3, 0.4) is 0 Å². The highest BCUT2D eigenvalue weighted by Crippen LogP contribution is 2.31. The molecule has 2 rings (SSSR count). The van der Waals surface area contributed by atoms with Crippen molar-refractivity contribution in [2.24, 2.45) is 0 Å². The first-order chi connectivity index (χ1) is 6.22. The van der Waals surface area contributed by atoms with E-state index in [9.17, 15) is 4.79 Å². The molecule has 1 heterocycles. The zero-order valence-corrected chi connectivity index (χ0v) is 10.3. The lowest BCUT2D eigenvalue weighted by Crippen LogP contribution is -1.80. The van der Waals surface area contributed by atoms with E-state index in [1.54, 1.807) is 17.4 Å². The molecule has 0 saturated carbocycles. The third kappa shape index (κ3) is 1.62. The third-order valence-electron chi connectivity index (χ3n) is 1.77. The topological polar surface area (TPSA) is 17.1 Å². The number of hydrogen-bond donors (Lipinski definition) is 1. The third-order valence-corrected chi connectivity index (χ3v) is 4.39. The van der Waals surface area contributed by atoms with Crippen LogP contribution in [0.2, 0.25) is 0 Å². The summed E-state index contributed by atoms with van der Waals surface area (Å²) < 4.78 is 2.23. The van der Waals surface area contributed by atoms with E-state index in [0.717, 1.165) is 26.8 Å². The van der Waals surface area contributed by atoms with E-state index in [1.165, 1.54) is 3.57 Å². The Labute approximate surface area is 98.7 Å². The van der Waals surface area contributed by atoms with E-state index < -0.39 is 0 Å². The first kappa shape index (κ1) is 9.48. The Bertz CT molecular complexity index is 476. The average Bonchev–Trinajstić information content (AvgIpc) is 2.47. The summed E-state index contributed by atoms with van der Waals surface area (Å²) in [7, 11) is 0. The maximum atomic E-state index is 10.8. The highest BCUT2D eigenvalue weighted by Gasteiger charge is 2.06. The van der Waals surface area contributed by atoms with Crippen LogP contribution in [-0.2, 0) is 0 Å². The molecule has 1 nitrogen and oxygen atoms in total. The van der Waals surface area contributed by atoms with Gasteiger partial charge in [-0.05, 0) is 34.7 Å². The average molecular weight is 320 g/mol. The molecule has 0 fully saturated rings. The van der Waals surface area contributed by atoms with Gasteiger partial charge in [-0.1, -0.05) is 0 Å². The summed E-state index contributed by atoms with van der Waals surface area (Å²) in [5, 5.41) is 3.17. The number of carbonyl (C=O) groups excluding carboxylic acids is 1. The van der Waals surface area contributed by atoms with Crippen LogP contribution in [0.15, 0.2) is 22.4 Å². The minimum Gasteiger partial charge on any atom is -0.298 e. The largest absolute Gasteiger partial charge is 0.298 e. The van der Waals surface area contributed by atoms with E-state index in [1.807, 2.05) is 11.4 Å². The van der Waals surface area contributed by atoms with Crippen LogP contribution in [0.5, 0.6) is 0 Å². The highest BCUT2D eigenvalue weighted by molar-refractivity contribution is 14.1. The summed E-state index contributed by atoms with van der Waals surface area (Å²) in [6.45, 7) is 0. The van der Waals surface area contributed by atoms with Gasteiger partial charge in [0.05, 0.1) is 0 Å². The fourth-order valence-electron chi connectivity index (χ4n) is 1.21. The van der Waals surface area contributed by atoms with Crippen molar-refractivity contribution in [3.05, 3.63) is 26.6 Å². The second-order valence-electron chi connectivity index (χ2n) is 2.61. The molecule has 1 aromatic carbocycles. The van der Waals surface area contributed by atoms with Crippen molar-refractivity contribution in [1.29, 1.82) is 0 Å². The van der Waals surface area contributed by atoms with Gasteiger partial charge in [-0.2, -0.15) is 0 Å². The van der Waals surface area contributed by atoms with E-state index in [4.69, 9.17) is 0 Å². The highest BCUT2D eigenvalue weighted by atomic mass is 127. The number of thiophene rings is 1. The molecule has 0 aliphatic carbocycles. The molecule has 4 heteroatoms. The minimum absolute atomic E-state index is 0.732. The Kier molecular flexibility index (Phi) is 2.62. The Hall–Kier alpha value is -0.0700. The van der Waals surface area contributed by atoms with E-state index in [0.29, 0.717) is 0 Å². The summed E-state index contributed by atoms with van der Waals surface area (Å²) in [6, 6.07) is 3.79. The number of thiol groups is 1. The number of benzene rings is 1. The fourth-order valence-corrected chi connectivity index (χ4v) is 3.35. The summed E-state index contributed by atoms with van der Waals surface area (Å²) >= 11 is 8.11. The van der Waals surface area contributed by atoms with Gasteiger partial charge in [0.2, 0.25) is 0 Å². The molecular formula is C9H5IOS2. The molecule has 66 valence electrons. The van der Waals surface area contributed by atoms with Gasteiger partial charge in [-0.15, -0.1) is 24.0 Å². The van der Waals surface area contributed by atoms with Gasteiger partial charge in [-0.25, -0.2) is 0 Å². The molecule has 0 bridgehead atoms. The van der Waals surface area contributed by atoms with Crippen LogP contribution in [0.4, 0.5) is 0 Å². The number of carbonyl (C=O) groups is 1. The van der Waals surface area contributed by atoms with Crippen molar-refractivity contribution in [2.75, 3.05) is 0 Å². The van der Waals surface area contributed by atoms with Crippen LogP contribution in [0, 0.1) is 3.57 Å². The molecule has 0 atom stereocenters. The van der Waals surface area contributed by atoms with Crippen molar-refractivity contribution in [1.82, 2.24) is 0 Å². The van der Waals surface area contributed by atoms with Crippen LogP contribution in [-0.4, -0.2) is 6.29 Å². The number of halogens is 1. The first-order valence-corrected chi connectivity index (χ1v) is 5.98. The monoisotopic (exact) mass is 320 g/mol. The molecule has 1 aromatic heterocycles. The predicted molar refractivity (Wildman–Crippen MR) is 67.2 cm³/mol. The van der Waals surface area contributed by atoms with Gasteiger partial charge in [0.15, 0.2) is 6.29 Å². The lowest BCUT2D eigenvalue weighted by molar-refractivity contribution is 0.112. The smallest absolute Gasteiger partial charge is 0.151 e. The molecule has 0 unspecified atom stereocenters. The van der Waals surface area contributed by atoms with E-state index in [2.05, 4.69) is 35.2 Å². The standard InChI is InChI=1S/C9H5IOS2/c10-8-4-13-9-5(3-11)1-6(12)2-7(8)9/h1-4,12H. The Morgan fingerprint density at radius 3 is 2.92 bits per heavy atom. The summed E-state index contributed by atoms with van der Waals surface area (Å²) in [4.78, 5) is 11.6. The maximum Gasteiger partial charge on any atom is 0.151 e. The molecule has 0 aliphatic rings. The summed E-state index contributed by atoms with van der Waals surface area (Å²) in [5.74, 6) is 0. The van der Waals surface area contributed by atoms with Crippen LogP contribution < -0.4 is 0 Å². The number of rotatable bonds is 1. The zero-order chi connectivity index (χ0) is 9.42. The van der Waals surface area contributed by atoms with E-state index >= 15 is 0 Å². The van der Waals surface area contributed by atoms with Crippen molar-refractivity contribution >= 4 is 62.9 Å². The number of fused-ring (bicyclic) bond motifs is 1. The van der Waals surface area contributed by atoms with Crippen molar-refractivity contribution in [3.63, 3.8) is 0 Å². The van der Waals surface area contributed by atoms with Gasteiger partial charge >= 0.3 is 0 Å². The van der Waals surface area contributed by atoms with Crippen molar-refractivity contribution in [2.45, 2.75) is 4.90 Å². The normalized spacial score (nSPS) is 10.6. The second-order valence-corrected chi connectivity index (χ2v) is 5.17.